The zero-order valence-corrected chi connectivity index (χ0v) is 11.9. The number of carbonyl (C=O) groups excluding carboxylic acids is 2. The normalized spacial score (nSPS) is 21.4. The van der Waals surface area contributed by atoms with Crippen LogP contribution in [0.5, 0.6) is 0 Å². The lowest BCUT2D eigenvalue weighted by Gasteiger charge is -2.15. The molecule has 2 aliphatic rings. The lowest BCUT2D eigenvalue weighted by molar-refractivity contribution is -0.129. The minimum Gasteiger partial charge on any atom is -0.382 e. The average Bonchev–Trinajstić information content (AvgIpc) is 3.27. The highest BCUT2D eigenvalue weighted by atomic mass is 16.2. The highest BCUT2D eigenvalue weighted by Gasteiger charge is 2.41. The molecule has 1 saturated carbocycles. The third kappa shape index (κ3) is 3.51. The number of nitrogens with zero attached hydrogens (tertiary/aromatic N) is 2. The monoisotopic (exact) mass is 288 g/mol. The van der Waals surface area contributed by atoms with Gasteiger partial charge in [-0.15, -0.1) is 0 Å². The van der Waals surface area contributed by atoms with Gasteiger partial charge in [0.1, 0.15) is 0 Å². The second kappa shape index (κ2) is 6.11. The van der Waals surface area contributed by atoms with E-state index in [1.165, 1.54) is 0 Å². The Hall–Kier alpha value is -2.11. The maximum Gasteiger partial charge on any atom is 0.225 e. The molecule has 1 atom stereocenters. The predicted molar refractivity (Wildman–Crippen MR) is 78.6 cm³/mol. The molecule has 1 aliphatic carbocycles. The molecule has 0 bridgehead atoms. The van der Waals surface area contributed by atoms with Gasteiger partial charge in [0.15, 0.2) is 0 Å². The van der Waals surface area contributed by atoms with Gasteiger partial charge >= 0.3 is 0 Å². The van der Waals surface area contributed by atoms with Gasteiger partial charge < -0.3 is 15.5 Å². The Morgan fingerprint density at radius 3 is 2.95 bits per heavy atom. The summed E-state index contributed by atoms with van der Waals surface area (Å²) >= 11 is 0. The first-order valence-corrected chi connectivity index (χ1v) is 7.45. The zero-order valence-electron chi connectivity index (χ0n) is 11.9. The Morgan fingerprint density at radius 2 is 2.24 bits per heavy atom. The van der Waals surface area contributed by atoms with Crippen molar-refractivity contribution < 1.29 is 9.59 Å². The maximum atomic E-state index is 12.1. The minimum absolute atomic E-state index is 0.0144. The van der Waals surface area contributed by atoms with Crippen LogP contribution >= 0.6 is 0 Å². The molecule has 0 aromatic carbocycles. The first kappa shape index (κ1) is 13.9. The van der Waals surface area contributed by atoms with Gasteiger partial charge in [0.2, 0.25) is 11.8 Å². The predicted octanol–water partition coefficient (Wildman–Crippen LogP) is 0.621. The Bertz CT molecular complexity index is 516. The smallest absolute Gasteiger partial charge is 0.225 e. The van der Waals surface area contributed by atoms with Crippen molar-refractivity contribution in [2.24, 2.45) is 5.92 Å². The van der Waals surface area contributed by atoms with Crippen LogP contribution in [0.3, 0.4) is 0 Å². The van der Waals surface area contributed by atoms with Gasteiger partial charge in [0, 0.05) is 44.5 Å². The highest BCUT2D eigenvalue weighted by molar-refractivity contribution is 5.89. The van der Waals surface area contributed by atoms with E-state index in [1.807, 2.05) is 17.0 Å². The minimum atomic E-state index is -0.184. The molecule has 21 heavy (non-hydrogen) atoms. The maximum absolute atomic E-state index is 12.1. The third-order valence-electron chi connectivity index (χ3n) is 3.93. The summed E-state index contributed by atoms with van der Waals surface area (Å²) in [5, 5.41) is 6.08. The summed E-state index contributed by atoms with van der Waals surface area (Å²) in [6.45, 7) is 1.78. The fourth-order valence-electron chi connectivity index (χ4n) is 2.65. The molecule has 6 nitrogen and oxygen atoms in total. The molecular weight excluding hydrogens is 268 g/mol. The molecule has 0 spiro atoms. The summed E-state index contributed by atoms with van der Waals surface area (Å²) in [7, 11) is 0. The fraction of sp³-hybridized carbons (Fsp3) is 0.533. The van der Waals surface area contributed by atoms with Crippen LogP contribution in [-0.4, -0.2) is 47.4 Å². The summed E-state index contributed by atoms with van der Waals surface area (Å²) in [6, 6.07) is 4.19. The van der Waals surface area contributed by atoms with Crippen molar-refractivity contribution in [3.05, 3.63) is 24.5 Å². The molecule has 1 saturated heterocycles. The molecule has 1 aliphatic heterocycles. The second-order valence-corrected chi connectivity index (χ2v) is 5.64. The van der Waals surface area contributed by atoms with Crippen LogP contribution in [0.25, 0.3) is 0 Å². The summed E-state index contributed by atoms with van der Waals surface area (Å²) in [5.41, 5.74) is 0.933. The third-order valence-corrected chi connectivity index (χ3v) is 3.93. The van der Waals surface area contributed by atoms with Crippen molar-refractivity contribution in [1.82, 2.24) is 15.2 Å². The van der Waals surface area contributed by atoms with Gasteiger partial charge in [-0.05, 0) is 25.0 Å². The van der Waals surface area contributed by atoms with Crippen LogP contribution in [0.2, 0.25) is 0 Å². The van der Waals surface area contributed by atoms with Gasteiger partial charge in [-0.2, -0.15) is 0 Å². The molecule has 0 unspecified atom stereocenters. The Kier molecular flexibility index (Phi) is 4.03. The topological polar surface area (TPSA) is 74.3 Å². The first-order chi connectivity index (χ1) is 10.2. The summed E-state index contributed by atoms with van der Waals surface area (Å²) < 4.78 is 0. The number of amides is 2. The molecule has 2 fully saturated rings. The Morgan fingerprint density at radius 1 is 1.38 bits per heavy atom. The Labute approximate surface area is 123 Å². The molecule has 2 N–H and O–H groups in total. The number of nitrogens with one attached hydrogen (secondary N) is 2. The van der Waals surface area contributed by atoms with Gasteiger partial charge in [-0.1, -0.05) is 0 Å². The highest BCUT2D eigenvalue weighted by Crippen LogP contribution is 2.32. The van der Waals surface area contributed by atoms with Crippen LogP contribution in [0.4, 0.5) is 5.69 Å². The lowest BCUT2D eigenvalue weighted by Crippen LogP contribution is -2.36. The average molecular weight is 288 g/mol. The quantitative estimate of drug-likeness (QED) is 0.753. The molecule has 1 aromatic heterocycles. The number of carbonyl (C=O) groups is 2. The summed E-state index contributed by atoms with van der Waals surface area (Å²) in [4.78, 5) is 29.8. The van der Waals surface area contributed by atoms with E-state index in [0.717, 1.165) is 18.5 Å². The largest absolute Gasteiger partial charge is 0.382 e. The number of aromatic nitrogens is 1. The lowest BCUT2D eigenvalue weighted by atomic mass is 10.1. The van der Waals surface area contributed by atoms with Crippen LogP contribution in [-0.2, 0) is 9.59 Å². The van der Waals surface area contributed by atoms with E-state index < -0.39 is 0 Å². The number of hydrogen-bond acceptors (Lipinski definition) is 4. The van der Waals surface area contributed by atoms with Crippen LogP contribution in [0.1, 0.15) is 19.3 Å². The fourth-order valence-corrected chi connectivity index (χ4v) is 2.65. The van der Waals surface area contributed by atoms with Crippen LogP contribution in [0, 0.1) is 5.92 Å². The first-order valence-electron chi connectivity index (χ1n) is 7.45. The number of likely N-dealkylation sites (tertiary alicyclic amines) is 1. The van der Waals surface area contributed by atoms with Crippen molar-refractivity contribution in [3.8, 4) is 0 Å². The number of pyridine rings is 1. The summed E-state index contributed by atoms with van der Waals surface area (Å²) in [6.07, 6.45) is 6.00. The number of hydrogen-bond donors (Lipinski definition) is 2. The van der Waals surface area contributed by atoms with Crippen molar-refractivity contribution in [2.45, 2.75) is 25.3 Å². The number of rotatable bonds is 6. The van der Waals surface area contributed by atoms with Crippen molar-refractivity contribution in [2.75, 3.05) is 25.0 Å². The zero-order chi connectivity index (χ0) is 14.7. The van der Waals surface area contributed by atoms with Gasteiger partial charge in [-0.25, -0.2) is 0 Å². The molecule has 3 rings (SSSR count). The SMILES string of the molecule is O=C(NCCNc1cccnc1)[C@@H]1CC(=O)N(C2CC2)C1. The van der Waals surface area contributed by atoms with Gasteiger partial charge in [0.25, 0.3) is 0 Å². The molecule has 2 heterocycles. The van der Waals surface area contributed by atoms with E-state index in [0.29, 0.717) is 32.1 Å². The van der Waals surface area contributed by atoms with E-state index in [4.69, 9.17) is 0 Å². The molecule has 2 amide bonds. The molecule has 1 aromatic rings. The van der Waals surface area contributed by atoms with E-state index in [-0.39, 0.29) is 17.7 Å². The van der Waals surface area contributed by atoms with Crippen LogP contribution < -0.4 is 10.6 Å². The Balaban J connectivity index is 1.37. The standard InChI is InChI=1S/C15H20N4O2/c20-14-8-11(10-19(14)13-3-4-13)15(21)18-7-6-17-12-2-1-5-16-9-12/h1-2,5,9,11,13,17H,3-4,6-8,10H2,(H,18,21)/t11-/m1/s1. The van der Waals surface area contributed by atoms with Crippen molar-refractivity contribution >= 4 is 17.5 Å². The molecule has 6 heteroatoms. The van der Waals surface area contributed by atoms with Gasteiger partial charge in [0.05, 0.1) is 11.6 Å². The molecule has 0 radical (unpaired) electrons. The van der Waals surface area contributed by atoms with E-state index >= 15 is 0 Å². The molecular formula is C15H20N4O2. The number of anilines is 1. The van der Waals surface area contributed by atoms with E-state index in [9.17, 15) is 9.59 Å². The van der Waals surface area contributed by atoms with E-state index in [1.54, 1.807) is 12.4 Å². The van der Waals surface area contributed by atoms with Gasteiger partial charge in [-0.3, -0.25) is 14.6 Å². The van der Waals surface area contributed by atoms with Crippen molar-refractivity contribution in [3.63, 3.8) is 0 Å². The van der Waals surface area contributed by atoms with Crippen LogP contribution in [0.15, 0.2) is 24.5 Å². The summed E-state index contributed by atoms with van der Waals surface area (Å²) in [5.74, 6) is -0.0675. The second-order valence-electron chi connectivity index (χ2n) is 5.64. The van der Waals surface area contributed by atoms with E-state index in [2.05, 4.69) is 15.6 Å². The van der Waals surface area contributed by atoms with Crippen molar-refractivity contribution in [1.29, 1.82) is 0 Å². The molecule has 112 valence electrons.